The summed E-state index contributed by atoms with van der Waals surface area (Å²) in [7, 11) is 0. The average molecular weight is 546 g/mol. The summed E-state index contributed by atoms with van der Waals surface area (Å²) in [6.07, 6.45) is 4.35. The average Bonchev–Trinajstić information content (AvgIpc) is 2.83. The molecule has 2 rings (SSSR count). The molecule has 0 aromatic heterocycles. The second-order valence-corrected chi connectivity index (χ2v) is 16.9. The quantitative estimate of drug-likeness (QED) is 0.488. The Kier molecular flexibility index (Phi) is 6.53. The first-order valence-corrected chi connectivity index (χ1v) is 13.2. The molecule has 0 amide bonds. The fraction of sp³-hybridized carbons (Fsp3) is 0.250. The van der Waals surface area contributed by atoms with Crippen LogP contribution < -0.4 is 0 Å². The molecule has 2 radical (unpaired) electrons. The van der Waals surface area contributed by atoms with E-state index in [2.05, 4.69) is 44.5 Å². The molecule has 8 heteroatoms. The predicted molar refractivity (Wildman–Crippen MR) is 86.3 cm³/mol. The van der Waals surface area contributed by atoms with E-state index in [1.165, 1.54) is 15.2 Å². The van der Waals surface area contributed by atoms with E-state index < -0.39 is 0 Å². The molecule has 16 heavy (non-hydrogen) atoms. The molecular weight excluding hydrogens is 540 g/mol. The second kappa shape index (κ2) is 6.92. The van der Waals surface area contributed by atoms with Crippen molar-refractivity contribution in [2.24, 2.45) is 0 Å². The van der Waals surface area contributed by atoms with Crippen LogP contribution in [0.1, 0.15) is 0 Å². The molecule has 0 saturated heterocycles. The molecule has 0 saturated carbocycles. The van der Waals surface area contributed by atoms with Crippen molar-refractivity contribution >= 4 is 109 Å². The summed E-state index contributed by atoms with van der Waals surface area (Å²) in [6, 6.07) is 0. The number of thioether (sulfide) groups is 4. The Hall–Kier alpha value is 2.70. The standard InChI is InChI=1S/C8H6S4Se4/c1-9-3-4(10-2)12-5(11-3)8-15-6(13)7(14)16-8/h1-2H3. The van der Waals surface area contributed by atoms with Crippen molar-refractivity contribution in [1.29, 1.82) is 0 Å². The van der Waals surface area contributed by atoms with Crippen LogP contribution in [0.4, 0.5) is 0 Å². The molecule has 2 aliphatic rings. The molecule has 0 bridgehead atoms. The molecule has 0 atom stereocenters. The van der Waals surface area contributed by atoms with Crippen molar-refractivity contribution in [3.05, 3.63) is 22.8 Å². The Morgan fingerprint density at radius 1 is 0.938 bits per heavy atom. The first-order chi connectivity index (χ1) is 7.65. The summed E-state index contributed by atoms with van der Waals surface area (Å²) in [6.45, 7) is 0. The molecule has 2 heterocycles. The molecule has 0 nitrogen and oxygen atoms in total. The van der Waals surface area contributed by atoms with Crippen molar-refractivity contribution in [3.8, 4) is 0 Å². The summed E-state index contributed by atoms with van der Waals surface area (Å²) >= 11 is 15.3. The Balaban J connectivity index is 2.15. The van der Waals surface area contributed by atoms with Crippen LogP contribution in [0.25, 0.3) is 0 Å². The topological polar surface area (TPSA) is 0 Å². The third-order valence-corrected chi connectivity index (χ3v) is 18.4. The van der Waals surface area contributed by atoms with Crippen LogP contribution in [0.5, 0.6) is 0 Å². The van der Waals surface area contributed by atoms with E-state index in [4.69, 9.17) is 0 Å². The van der Waals surface area contributed by atoms with Gasteiger partial charge in [0.2, 0.25) is 0 Å². The van der Waals surface area contributed by atoms with Gasteiger partial charge in [0.25, 0.3) is 0 Å². The monoisotopic (exact) mass is 550 g/mol. The second-order valence-electron chi connectivity index (χ2n) is 2.54. The third kappa shape index (κ3) is 3.42. The summed E-state index contributed by atoms with van der Waals surface area (Å²) in [5.74, 6) is 0. The molecule has 0 N–H and O–H groups in total. The van der Waals surface area contributed by atoms with Gasteiger partial charge < -0.3 is 0 Å². The first-order valence-electron chi connectivity index (χ1n) is 4.02. The number of hydrogen-bond donors (Lipinski definition) is 0. The van der Waals surface area contributed by atoms with Gasteiger partial charge in [-0.3, -0.25) is 0 Å². The number of hydrogen-bond acceptors (Lipinski definition) is 4. The Morgan fingerprint density at radius 2 is 1.38 bits per heavy atom. The molecule has 0 aliphatic carbocycles. The van der Waals surface area contributed by atoms with Gasteiger partial charge in [0.15, 0.2) is 0 Å². The van der Waals surface area contributed by atoms with Crippen molar-refractivity contribution in [1.82, 2.24) is 0 Å². The van der Waals surface area contributed by atoms with Crippen LogP contribution in [0.15, 0.2) is 22.8 Å². The van der Waals surface area contributed by atoms with Crippen molar-refractivity contribution in [2.45, 2.75) is 0 Å². The summed E-state index contributed by atoms with van der Waals surface area (Å²) in [4.78, 5) is 0. The SMILES string of the molecule is CSC1=C(SC)SC(=C2[Se]C([Se])=C([Se])[Se]2)S1. The van der Waals surface area contributed by atoms with Crippen LogP contribution in [-0.4, -0.2) is 74.5 Å². The normalized spacial score (nSPS) is 21.6. The van der Waals surface area contributed by atoms with Crippen LogP contribution >= 0.6 is 47.0 Å². The molecule has 86 valence electrons. The van der Waals surface area contributed by atoms with E-state index in [1.54, 1.807) is 7.61 Å². The molecule has 0 unspecified atom stereocenters. The fourth-order valence-corrected chi connectivity index (χ4v) is 17.7. The van der Waals surface area contributed by atoms with E-state index in [1.807, 2.05) is 47.0 Å². The van der Waals surface area contributed by atoms with Gasteiger partial charge in [0.1, 0.15) is 0 Å². The van der Waals surface area contributed by atoms with Crippen molar-refractivity contribution < 1.29 is 0 Å². The molecule has 0 aromatic carbocycles. The summed E-state index contributed by atoms with van der Waals surface area (Å²) < 4.78 is 9.21. The van der Waals surface area contributed by atoms with Crippen LogP contribution in [0, 0.1) is 0 Å². The minimum atomic E-state index is 0.563. The van der Waals surface area contributed by atoms with Crippen LogP contribution in [0.3, 0.4) is 0 Å². The third-order valence-electron chi connectivity index (χ3n) is 1.61. The van der Waals surface area contributed by atoms with Crippen LogP contribution in [-0.2, 0) is 0 Å². The van der Waals surface area contributed by atoms with E-state index >= 15 is 0 Å². The van der Waals surface area contributed by atoms with Gasteiger partial charge in [0, 0.05) is 0 Å². The van der Waals surface area contributed by atoms with Gasteiger partial charge in [-0.25, -0.2) is 0 Å². The van der Waals surface area contributed by atoms with E-state index in [0.717, 1.165) is 0 Å². The van der Waals surface area contributed by atoms with Crippen molar-refractivity contribution in [2.75, 3.05) is 12.5 Å². The Morgan fingerprint density at radius 3 is 1.75 bits per heavy atom. The minimum absolute atomic E-state index is 0.563. The van der Waals surface area contributed by atoms with Gasteiger partial charge in [0.05, 0.1) is 0 Å². The maximum atomic E-state index is 3.21. The summed E-state index contributed by atoms with van der Waals surface area (Å²) in [5.41, 5.74) is 0. The van der Waals surface area contributed by atoms with Gasteiger partial charge in [-0.1, -0.05) is 0 Å². The van der Waals surface area contributed by atoms with E-state index in [0.29, 0.717) is 29.9 Å². The molecule has 0 spiro atoms. The predicted octanol–water partition coefficient (Wildman–Crippen LogP) is 2.33. The Bertz CT molecular complexity index is 378. The maximum absolute atomic E-state index is 3.21. The van der Waals surface area contributed by atoms with Crippen molar-refractivity contribution in [3.63, 3.8) is 0 Å². The zero-order valence-electron chi connectivity index (χ0n) is 8.27. The van der Waals surface area contributed by atoms with Gasteiger partial charge in [-0.05, 0) is 0 Å². The van der Waals surface area contributed by atoms with Crippen LogP contribution in [0.2, 0.25) is 0 Å². The Labute approximate surface area is 142 Å². The van der Waals surface area contributed by atoms with Gasteiger partial charge in [-0.15, -0.1) is 0 Å². The zero-order chi connectivity index (χ0) is 11.7. The van der Waals surface area contributed by atoms with Gasteiger partial charge >= 0.3 is 144 Å². The molecule has 2 aliphatic heterocycles. The molecule has 0 aromatic rings. The molecular formula is C8H6S4Se4. The molecule has 0 fully saturated rings. The number of rotatable bonds is 2. The zero-order valence-corrected chi connectivity index (χ0v) is 18.4. The first kappa shape index (κ1) is 15.1. The van der Waals surface area contributed by atoms with E-state index in [9.17, 15) is 0 Å². The fourth-order valence-electron chi connectivity index (χ4n) is 0.962. The summed E-state index contributed by atoms with van der Waals surface area (Å²) in [5, 5.41) is 0. The van der Waals surface area contributed by atoms with E-state index in [-0.39, 0.29) is 0 Å². The van der Waals surface area contributed by atoms with Gasteiger partial charge in [-0.2, -0.15) is 0 Å².